The van der Waals surface area contributed by atoms with Crippen LogP contribution in [0.15, 0.2) is 47.4 Å². The Labute approximate surface area is 186 Å². The summed E-state index contributed by atoms with van der Waals surface area (Å²) in [6.07, 6.45) is 2.55. The molecule has 1 unspecified atom stereocenters. The number of nitrogens with zero attached hydrogens (tertiary/aromatic N) is 2. The van der Waals surface area contributed by atoms with Gasteiger partial charge in [0.05, 0.1) is 16.6 Å². The Morgan fingerprint density at radius 2 is 1.78 bits per heavy atom. The second-order valence-electron chi connectivity index (χ2n) is 7.98. The summed E-state index contributed by atoms with van der Waals surface area (Å²) in [5.74, 6) is -1.29. The molecule has 0 saturated carbocycles. The van der Waals surface area contributed by atoms with Crippen molar-refractivity contribution in [2.75, 3.05) is 29.9 Å². The molecular weight excluding hydrogens is 435 g/mol. The lowest BCUT2D eigenvalue weighted by molar-refractivity contribution is -0.117. The summed E-state index contributed by atoms with van der Waals surface area (Å²) in [5, 5.41) is 2.38. The Kier molecular flexibility index (Phi) is 6.16. The number of urea groups is 1. The number of amides is 3. The van der Waals surface area contributed by atoms with Gasteiger partial charge in [0.15, 0.2) is 0 Å². The molecule has 32 heavy (non-hydrogen) atoms. The first-order chi connectivity index (χ1) is 15.3. The van der Waals surface area contributed by atoms with Crippen LogP contribution < -0.4 is 14.9 Å². The highest BCUT2D eigenvalue weighted by Crippen LogP contribution is 2.31. The van der Waals surface area contributed by atoms with Gasteiger partial charge in [-0.05, 0) is 62.1 Å². The number of fused-ring (bicyclic) bond motifs is 1. The van der Waals surface area contributed by atoms with E-state index in [0.717, 1.165) is 31.5 Å². The molecule has 2 aromatic carbocycles. The van der Waals surface area contributed by atoms with Gasteiger partial charge in [-0.3, -0.25) is 9.69 Å². The zero-order valence-electron chi connectivity index (χ0n) is 17.7. The third-order valence-electron chi connectivity index (χ3n) is 5.72. The zero-order valence-corrected chi connectivity index (χ0v) is 18.5. The van der Waals surface area contributed by atoms with Gasteiger partial charge in [-0.1, -0.05) is 12.1 Å². The molecule has 0 aliphatic carbocycles. The average Bonchev–Trinajstić information content (AvgIpc) is 3.44. The number of hydrogen-bond acceptors (Lipinski definition) is 4. The van der Waals surface area contributed by atoms with Crippen molar-refractivity contribution in [1.82, 2.24) is 9.62 Å². The van der Waals surface area contributed by atoms with Crippen LogP contribution in [0.25, 0.3) is 0 Å². The van der Waals surface area contributed by atoms with Crippen molar-refractivity contribution in [3.63, 3.8) is 0 Å². The number of anilines is 2. The lowest BCUT2D eigenvalue weighted by atomic mass is 10.2. The fraction of sp³-hybridized carbons (Fsp3) is 0.364. The van der Waals surface area contributed by atoms with E-state index < -0.39 is 27.8 Å². The van der Waals surface area contributed by atoms with Crippen LogP contribution in [0.1, 0.15) is 25.3 Å². The highest BCUT2D eigenvalue weighted by atomic mass is 32.2. The van der Waals surface area contributed by atoms with E-state index in [0.29, 0.717) is 18.7 Å². The average molecular weight is 461 g/mol. The van der Waals surface area contributed by atoms with Gasteiger partial charge in [0.1, 0.15) is 5.82 Å². The minimum Gasteiger partial charge on any atom is -0.324 e. The molecule has 0 bridgehead atoms. The highest BCUT2D eigenvalue weighted by molar-refractivity contribution is 7.89. The Morgan fingerprint density at radius 1 is 1.06 bits per heavy atom. The molecule has 8 nitrogen and oxygen atoms in total. The fourth-order valence-corrected chi connectivity index (χ4v) is 5.23. The summed E-state index contributed by atoms with van der Waals surface area (Å²) in [6, 6.07) is 9.08. The van der Waals surface area contributed by atoms with E-state index in [1.165, 1.54) is 37.3 Å². The number of carbonyl (C=O) groups is 2. The van der Waals surface area contributed by atoms with Crippen molar-refractivity contribution in [1.29, 1.82) is 0 Å². The maximum Gasteiger partial charge on any atom is 0.324 e. The van der Waals surface area contributed by atoms with Crippen LogP contribution in [0.2, 0.25) is 0 Å². The molecule has 3 amide bonds. The van der Waals surface area contributed by atoms with Gasteiger partial charge in [-0.2, -0.15) is 4.72 Å². The monoisotopic (exact) mass is 460 g/mol. The van der Waals surface area contributed by atoms with Crippen molar-refractivity contribution >= 4 is 33.3 Å². The summed E-state index contributed by atoms with van der Waals surface area (Å²) in [7, 11) is -4.00. The molecule has 2 heterocycles. The number of halogens is 1. The smallest absolute Gasteiger partial charge is 0.324 e. The van der Waals surface area contributed by atoms with Crippen molar-refractivity contribution in [3.05, 3.63) is 53.8 Å². The number of hydrogen-bond donors (Lipinski definition) is 2. The topological polar surface area (TPSA) is 98.8 Å². The van der Waals surface area contributed by atoms with Gasteiger partial charge in [-0.25, -0.2) is 17.6 Å². The molecule has 2 aliphatic heterocycles. The SMILES string of the molecule is CC(NS(=O)(=O)c1ccc2c(c1)CCN2C(=O)N1CCCC1)C(=O)Nc1ccccc1F. The lowest BCUT2D eigenvalue weighted by Crippen LogP contribution is -2.41. The molecule has 2 aromatic rings. The summed E-state index contributed by atoms with van der Waals surface area (Å²) >= 11 is 0. The molecular formula is C22H25FN4O4S. The lowest BCUT2D eigenvalue weighted by Gasteiger charge is -2.24. The van der Waals surface area contributed by atoms with Gasteiger partial charge < -0.3 is 10.2 Å². The van der Waals surface area contributed by atoms with Crippen LogP contribution in [0.3, 0.4) is 0 Å². The molecule has 1 fully saturated rings. The molecule has 0 aromatic heterocycles. The van der Waals surface area contributed by atoms with Crippen molar-refractivity contribution < 1.29 is 22.4 Å². The van der Waals surface area contributed by atoms with E-state index in [9.17, 15) is 22.4 Å². The van der Waals surface area contributed by atoms with E-state index in [-0.39, 0.29) is 16.6 Å². The summed E-state index contributed by atoms with van der Waals surface area (Å²) < 4.78 is 41.8. The molecule has 10 heteroatoms. The first-order valence-electron chi connectivity index (χ1n) is 10.5. The minimum absolute atomic E-state index is 0.0114. The molecule has 4 rings (SSSR count). The number of rotatable bonds is 5. The molecule has 2 aliphatic rings. The first kappa shape index (κ1) is 22.2. The van der Waals surface area contributed by atoms with Gasteiger partial charge in [-0.15, -0.1) is 0 Å². The molecule has 170 valence electrons. The van der Waals surface area contributed by atoms with E-state index in [4.69, 9.17) is 0 Å². The highest BCUT2D eigenvalue weighted by Gasteiger charge is 2.31. The second kappa shape index (κ2) is 8.87. The fourth-order valence-electron chi connectivity index (χ4n) is 3.98. The predicted octanol–water partition coefficient (Wildman–Crippen LogP) is 2.71. The van der Waals surface area contributed by atoms with E-state index >= 15 is 0 Å². The minimum atomic E-state index is -4.00. The number of sulfonamides is 1. The Bertz CT molecular complexity index is 1150. The number of benzene rings is 2. The van der Waals surface area contributed by atoms with E-state index in [2.05, 4.69) is 10.0 Å². The number of para-hydroxylation sites is 1. The normalized spacial score (nSPS) is 16.7. The summed E-state index contributed by atoms with van der Waals surface area (Å²) in [4.78, 5) is 28.6. The molecule has 2 N–H and O–H groups in total. The van der Waals surface area contributed by atoms with Gasteiger partial charge in [0, 0.05) is 25.3 Å². The maximum atomic E-state index is 13.7. The summed E-state index contributed by atoms with van der Waals surface area (Å²) in [5.41, 5.74) is 1.46. The van der Waals surface area contributed by atoms with Crippen LogP contribution >= 0.6 is 0 Å². The molecule has 0 spiro atoms. The summed E-state index contributed by atoms with van der Waals surface area (Å²) in [6.45, 7) is 3.38. The van der Waals surface area contributed by atoms with Crippen LogP contribution in [-0.4, -0.2) is 50.9 Å². The second-order valence-corrected chi connectivity index (χ2v) is 9.69. The van der Waals surface area contributed by atoms with Crippen molar-refractivity contribution in [2.45, 2.75) is 37.1 Å². The molecule has 1 saturated heterocycles. The number of nitrogens with one attached hydrogen (secondary N) is 2. The van der Waals surface area contributed by atoms with Gasteiger partial charge in [0.2, 0.25) is 15.9 Å². The molecule has 0 radical (unpaired) electrons. The van der Waals surface area contributed by atoms with E-state index in [1.54, 1.807) is 17.0 Å². The third-order valence-corrected chi connectivity index (χ3v) is 7.26. The quantitative estimate of drug-likeness (QED) is 0.717. The van der Waals surface area contributed by atoms with Crippen LogP contribution in [0, 0.1) is 5.82 Å². The standard InChI is InChI=1S/C22H25FN4O4S/c1-15(21(28)24-19-7-3-2-6-18(19)23)25-32(30,31)17-8-9-20-16(14-17)10-13-27(20)22(29)26-11-4-5-12-26/h2-3,6-9,14-15,25H,4-5,10-13H2,1H3,(H,24,28). The van der Waals surface area contributed by atoms with Gasteiger partial charge >= 0.3 is 6.03 Å². The predicted molar refractivity (Wildman–Crippen MR) is 119 cm³/mol. The number of carbonyl (C=O) groups excluding carboxylic acids is 2. The zero-order chi connectivity index (χ0) is 22.9. The first-order valence-corrected chi connectivity index (χ1v) is 12.0. The van der Waals surface area contributed by atoms with Crippen LogP contribution in [0.5, 0.6) is 0 Å². The Balaban J connectivity index is 1.45. The van der Waals surface area contributed by atoms with Crippen LogP contribution in [0.4, 0.5) is 20.6 Å². The van der Waals surface area contributed by atoms with Crippen molar-refractivity contribution in [2.24, 2.45) is 0 Å². The third kappa shape index (κ3) is 4.46. The van der Waals surface area contributed by atoms with Gasteiger partial charge in [0.25, 0.3) is 0 Å². The Morgan fingerprint density at radius 3 is 2.50 bits per heavy atom. The molecule has 1 atom stereocenters. The van der Waals surface area contributed by atoms with E-state index in [1.807, 2.05) is 4.90 Å². The number of likely N-dealkylation sites (tertiary alicyclic amines) is 1. The van der Waals surface area contributed by atoms with Crippen molar-refractivity contribution in [3.8, 4) is 0 Å². The Hall–Kier alpha value is -2.98. The van der Waals surface area contributed by atoms with Crippen LogP contribution in [-0.2, 0) is 21.2 Å². The largest absolute Gasteiger partial charge is 0.324 e. The maximum absolute atomic E-state index is 13.7.